The Morgan fingerprint density at radius 2 is 2.40 bits per heavy atom. The molecule has 1 aromatic rings. The Bertz CT molecular complexity index is 516. The summed E-state index contributed by atoms with van der Waals surface area (Å²) in [4.78, 5) is 13.7. The Kier molecular flexibility index (Phi) is 4.74. The number of aliphatic hydroxyl groups is 1. The van der Waals surface area contributed by atoms with E-state index in [-0.39, 0.29) is 24.3 Å². The van der Waals surface area contributed by atoms with E-state index in [1.165, 1.54) is 25.3 Å². The SMILES string of the molecule is COc1ccc(C=CC(=O)N2CCCC2CO)cc1F. The molecule has 108 valence electrons. The van der Waals surface area contributed by atoms with Crippen LogP contribution in [0.2, 0.25) is 0 Å². The predicted molar refractivity (Wildman–Crippen MR) is 73.8 cm³/mol. The number of carbonyl (C=O) groups is 1. The average molecular weight is 279 g/mol. The van der Waals surface area contributed by atoms with Crippen LogP contribution in [0.5, 0.6) is 5.75 Å². The summed E-state index contributed by atoms with van der Waals surface area (Å²) in [6.07, 6.45) is 4.71. The molecule has 1 N–H and O–H groups in total. The molecule has 1 atom stereocenters. The highest BCUT2D eigenvalue weighted by Crippen LogP contribution is 2.20. The molecular formula is C15H18FNO3. The van der Waals surface area contributed by atoms with Crippen molar-refractivity contribution in [3.63, 3.8) is 0 Å². The first kappa shape index (κ1) is 14.5. The van der Waals surface area contributed by atoms with E-state index in [0.29, 0.717) is 12.1 Å². The average Bonchev–Trinajstić information content (AvgIpc) is 2.93. The molecule has 0 saturated carbocycles. The highest BCUT2D eigenvalue weighted by atomic mass is 19.1. The predicted octanol–water partition coefficient (Wildman–Crippen LogP) is 1.83. The van der Waals surface area contributed by atoms with Crippen LogP contribution in [-0.4, -0.2) is 42.2 Å². The van der Waals surface area contributed by atoms with Gasteiger partial charge < -0.3 is 14.7 Å². The third kappa shape index (κ3) is 3.17. The van der Waals surface area contributed by atoms with Crippen LogP contribution in [0.15, 0.2) is 24.3 Å². The van der Waals surface area contributed by atoms with Gasteiger partial charge in [0, 0.05) is 12.6 Å². The Hall–Kier alpha value is -1.88. The van der Waals surface area contributed by atoms with Crippen LogP contribution in [-0.2, 0) is 4.79 Å². The topological polar surface area (TPSA) is 49.8 Å². The summed E-state index contributed by atoms with van der Waals surface area (Å²) in [6, 6.07) is 4.42. The molecule has 1 unspecified atom stereocenters. The molecule has 1 aliphatic heterocycles. The molecule has 0 aromatic heterocycles. The second-order valence-corrected chi connectivity index (χ2v) is 4.74. The van der Waals surface area contributed by atoms with Gasteiger partial charge in [0.25, 0.3) is 0 Å². The Morgan fingerprint density at radius 1 is 1.60 bits per heavy atom. The molecule has 1 amide bonds. The van der Waals surface area contributed by atoms with Gasteiger partial charge in [-0.1, -0.05) is 6.07 Å². The van der Waals surface area contributed by atoms with Gasteiger partial charge in [-0.05, 0) is 36.6 Å². The third-order valence-electron chi connectivity index (χ3n) is 3.47. The molecule has 1 aromatic carbocycles. The zero-order valence-corrected chi connectivity index (χ0v) is 11.4. The van der Waals surface area contributed by atoms with E-state index in [9.17, 15) is 14.3 Å². The maximum atomic E-state index is 13.5. The zero-order chi connectivity index (χ0) is 14.5. The fourth-order valence-corrected chi connectivity index (χ4v) is 2.37. The van der Waals surface area contributed by atoms with Crippen molar-refractivity contribution in [3.05, 3.63) is 35.7 Å². The number of aliphatic hydroxyl groups excluding tert-OH is 1. The number of hydrogen-bond acceptors (Lipinski definition) is 3. The van der Waals surface area contributed by atoms with Gasteiger partial charge in [-0.15, -0.1) is 0 Å². The van der Waals surface area contributed by atoms with E-state index in [2.05, 4.69) is 0 Å². The van der Waals surface area contributed by atoms with Crippen molar-refractivity contribution in [2.75, 3.05) is 20.3 Å². The van der Waals surface area contributed by atoms with Crippen LogP contribution in [0.1, 0.15) is 18.4 Å². The molecule has 0 spiro atoms. The second kappa shape index (κ2) is 6.52. The minimum atomic E-state index is -0.462. The van der Waals surface area contributed by atoms with Crippen molar-refractivity contribution in [2.45, 2.75) is 18.9 Å². The van der Waals surface area contributed by atoms with Gasteiger partial charge in [0.1, 0.15) is 0 Å². The fourth-order valence-electron chi connectivity index (χ4n) is 2.37. The minimum absolute atomic E-state index is 0.0171. The highest BCUT2D eigenvalue weighted by molar-refractivity contribution is 5.92. The third-order valence-corrected chi connectivity index (χ3v) is 3.47. The summed E-state index contributed by atoms with van der Waals surface area (Å²) in [7, 11) is 1.40. The first-order valence-electron chi connectivity index (χ1n) is 6.58. The minimum Gasteiger partial charge on any atom is -0.494 e. The van der Waals surface area contributed by atoms with Crippen LogP contribution in [0.25, 0.3) is 6.08 Å². The van der Waals surface area contributed by atoms with Gasteiger partial charge in [0.05, 0.1) is 19.8 Å². The van der Waals surface area contributed by atoms with E-state index in [1.807, 2.05) is 0 Å². The van der Waals surface area contributed by atoms with Crippen molar-refractivity contribution in [2.24, 2.45) is 0 Å². The van der Waals surface area contributed by atoms with Crippen molar-refractivity contribution in [3.8, 4) is 5.75 Å². The quantitative estimate of drug-likeness (QED) is 0.855. The number of nitrogens with zero attached hydrogens (tertiary/aromatic N) is 1. The normalized spacial score (nSPS) is 18.8. The standard InChI is InChI=1S/C15H18FNO3/c1-20-14-6-4-11(9-13(14)16)5-7-15(19)17-8-2-3-12(17)10-18/h4-7,9,12,18H,2-3,8,10H2,1H3. The number of rotatable bonds is 4. The smallest absolute Gasteiger partial charge is 0.246 e. The second-order valence-electron chi connectivity index (χ2n) is 4.74. The number of carbonyl (C=O) groups excluding carboxylic acids is 1. The first-order chi connectivity index (χ1) is 9.65. The van der Waals surface area contributed by atoms with Crippen LogP contribution in [0, 0.1) is 5.82 Å². The lowest BCUT2D eigenvalue weighted by Gasteiger charge is -2.21. The number of hydrogen-bond donors (Lipinski definition) is 1. The van der Waals surface area contributed by atoms with E-state index in [0.717, 1.165) is 12.8 Å². The van der Waals surface area contributed by atoms with Crippen LogP contribution < -0.4 is 4.74 Å². The van der Waals surface area contributed by atoms with Crippen molar-refractivity contribution >= 4 is 12.0 Å². The molecule has 1 heterocycles. The Balaban J connectivity index is 2.05. The molecule has 4 nitrogen and oxygen atoms in total. The van der Waals surface area contributed by atoms with E-state index in [4.69, 9.17) is 4.74 Å². The van der Waals surface area contributed by atoms with E-state index >= 15 is 0 Å². The van der Waals surface area contributed by atoms with Crippen LogP contribution in [0.3, 0.4) is 0 Å². The molecule has 0 bridgehead atoms. The lowest BCUT2D eigenvalue weighted by molar-refractivity contribution is -0.127. The van der Waals surface area contributed by atoms with Gasteiger partial charge >= 0.3 is 0 Å². The van der Waals surface area contributed by atoms with Crippen molar-refractivity contribution < 1.29 is 19.0 Å². The van der Waals surface area contributed by atoms with E-state index < -0.39 is 5.82 Å². The van der Waals surface area contributed by atoms with E-state index in [1.54, 1.807) is 17.0 Å². The summed E-state index contributed by atoms with van der Waals surface area (Å²) in [5, 5.41) is 9.18. The largest absolute Gasteiger partial charge is 0.494 e. The van der Waals surface area contributed by atoms with Crippen molar-refractivity contribution in [1.29, 1.82) is 0 Å². The molecule has 20 heavy (non-hydrogen) atoms. The molecule has 0 radical (unpaired) electrons. The molecule has 1 aliphatic rings. The lowest BCUT2D eigenvalue weighted by Crippen LogP contribution is -2.36. The van der Waals surface area contributed by atoms with Gasteiger partial charge in [-0.25, -0.2) is 4.39 Å². The summed E-state index contributed by atoms with van der Waals surface area (Å²) in [6.45, 7) is 0.641. The van der Waals surface area contributed by atoms with Crippen molar-refractivity contribution in [1.82, 2.24) is 4.90 Å². The number of amides is 1. The lowest BCUT2D eigenvalue weighted by atomic mass is 10.2. The Labute approximate surface area is 117 Å². The maximum Gasteiger partial charge on any atom is 0.246 e. The summed E-state index contributed by atoms with van der Waals surface area (Å²) in [5.74, 6) is -0.442. The molecule has 0 aliphatic carbocycles. The summed E-state index contributed by atoms with van der Waals surface area (Å²) < 4.78 is 18.3. The number of ether oxygens (including phenoxy) is 1. The number of methoxy groups -OCH3 is 1. The van der Waals surface area contributed by atoms with Gasteiger partial charge in [0.2, 0.25) is 5.91 Å². The summed E-state index contributed by atoms with van der Waals surface area (Å²) >= 11 is 0. The monoisotopic (exact) mass is 279 g/mol. The molecule has 5 heteroatoms. The number of likely N-dealkylation sites (tertiary alicyclic amines) is 1. The maximum absolute atomic E-state index is 13.5. The summed E-state index contributed by atoms with van der Waals surface area (Å²) in [5.41, 5.74) is 0.594. The van der Waals surface area contributed by atoms with Gasteiger partial charge in [0.15, 0.2) is 11.6 Å². The fraction of sp³-hybridized carbons (Fsp3) is 0.400. The first-order valence-corrected chi connectivity index (χ1v) is 6.58. The number of benzene rings is 1. The van der Waals surface area contributed by atoms with Crippen LogP contribution >= 0.6 is 0 Å². The number of halogens is 1. The molecule has 2 rings (SSSR count). The molecule has 1 saturated heterocycles. The molecular weight excluding hydrogens is 261 g/mol. The van der Waals surface area contributed by atoms with Gasteiger partial charge in [-0.2, -0.15) is 0 Å². The highest BCUT2D eigenvalue weighted by Gasteiger charge is 2.26. The van der Waals surface area contributed by atoms with Crippen LogP contribution in [0.4, 0.5) is 4.39 Å². The molecule has 1 fully saturated rings. The van der Waals surface area contributed by atoms with Gasteiger partial charge in [-0.3, -0.25) is 4.79 Å². The zero-order valence-electron chi connectivity index (χ0n) is 11.4. The Morgan fingerprint density at radius 3 is 3.05 bits per heavy atom.